The molecule has 1 aromatic carbocycles. The van der Waals surface area contributed by atoms with Crippen molar-refractivity contribution in [3.05, 3.63) is 41.7 Å². The number of carbonyl (C=O) groups is 1. The van der Waals surface area contributed by atoms with Crippen molar-refractivity contribution >= 4 is 24.4 Å². The van der Waals surface area contributed by atoms with Crippen molar-refractivity contribution in [2.45, 2.75) is 38.6 Å². The zero-order chi connectivity index (χ0) is 17.5. The fourth-order valence-corrected chi connectivity index (χ4v) is 3.20. The van der Waals surface area contributed by atoms with E-state index < -0.39 is 0 Å². The van der Waals surface area contributed by atoms with Gasteiger partial charge in [-0.2, -0.15) is 0 Å². The Labute approximate surface area is 157 Å². The first-order chi connectivity index (χ1) is 11.5. The van der Waals surface area contributed by atoms with E-state index in [9.17, 15) is 9.18 Å². The summed E-state index contributed by atoms with van der Waals surface area (Å²) in [7, 11) is 4.03. The summed E-state index contributed by atoms with van der Waals surface area (Å²) >= 11 is 0. The van der Waals surface area contributed by atoms with Gasteiger partial charge in [-0.1, -0.05) is 25.1 Å². The summed E-state index contributed by atoms with van der Waals surface area (Å²) in [6, 6.07) is 6.84. The molecule has 0 heterocycles. The second-order valence-electron chi connectivity index (χ2n) is 7.10. The monoisotopic (exact) mass is 368 g/mol. The summed E-state index contributed by atoms with van der Waals surface area (Å²) < 4.78 is 13.7. The number of amides is 1. The fraction of sp³-hybridized carbons (Fsp3) is 0.550. The summed E-state index contributed by atoms with van der Waals surface area (Å²) in [5, 5.41) is 0. The van der Waals surface area contributed by atoms with E-state index >= 15 is 0 Å². The number of nitrogens with zero attached hydrogens (tertiary/aromatic N) is 2. The van der Waals surface area contributed by atoms with Crippen LogP contribution in [0.4, 0.5) is 4.39 Å². The largest absolute Gasteiger partial charge is 0.335 e. The van der Waals surface area contributed by atoms with Crippen LogP contribution >= 0.6 is 12.4 Å². The number of rotatable bonds is 6. The van der Waals surface area contributed by atoms with Gasteiger partial charge in [0.1, 0.15) is 5.82 Å². The molecule has 25 heavy (non-hydrogen) atoms. The lowest BCUT2D eigenvalue weighted by Gasteiger charge is -2.36. The molecule has 0 bridgehead atoms. The molecule has 0 spiro atoms. The van der Waals surface area contributed by atoms with E-state index in [4.69, 9.17) is 0 Å². The van der Waals surface area contributed by atoms with Gasteiger partial charge in [0.15, 0.2) is 0 Å². The van der Waals surface area contributed by atoms with E-state index in [1.165, 1.54) is 25.0 Å². The Balaban J connectivity index is 0.00000312. The second-order valence-corrected chi connectivity index (χ2v) is 7.10. The van der Waals surface area contributed by atoms with E-state index in [1.807, 2.05) is 19.0 Å². The van der Waals surface area contributed by atoms with Crippen LogP contribution < -0.4 is 0 Å². The standard InChI is InChI=1S/C20H29FN2O.ClH/c1-16-8-11-18(12-9-16)23(15-14-22(2)3)20(24)13-10-17-6-4-5-7-19(17)21;/h4-7,10,13,16,18H,8-9,11-12,14-15H2,1-3H3;1H/b13-10+;. The third-order valence-electron chi connectivity index (χ3n) is 4.81. The van der Waals surface area contributed by atoms with Crippen LogP contribution in [-0.4, -0.2) is 48.9 Å². The summed E-state index contributed by atoms with van der Waals surface area (Å²) in [6.07, 6.45) is 7.58. The Morgan fingerprint density at radius 3 is 2.40 bits per heavy atom. The van der Waals surface area contributed by atoms with Crippen molar-refractivity contribution < 1.29 is 9.18 Å². The lowest BCUT2D eigenvalue weighted by molar-refractivity contribution is -0.129. The number of halogens is 2. The Kier molecular flexibility index (Phi) is 9.15. The lowest BCUT2D eigenvalue weighted by atomic mass is 9.86. The van der Waals surface area contributed by atoms with Crippen LogP contribution in [0.3, 0.4) is 0 Å². The highest BCUT2D eigenvalue weighted by Crippen LogP contribution is 2.27. The van der Waals surface area contributed by atoms with Gasteiger partial charge >= 0.3 is 0 Å². The normalized spacial score (nSPS) is 20.5. The Bertz CT molecular complexity index is 569. The van der Waals surface area contributed by atoms with E-state index in [0.717, 1.165) is 25.3 Å². The van der Waals surface area contributed by atoms with E-state index in [0.29, 0.717) is 18.2 Å². The predicted molar refractivity (Wildman–Crippen MR) is 104 cm³/mol. The van der Waals surface area contributed by atoms with Crippen LogP contribution in [0.15, 0.2) is 30.3 Å². The molecule has 0 atom stereocenters. The molecule has 0 N–H and O–H groups in total. The first kappa shape index (κ1) is 21.7. The van der Waals surface area contributed by atoms with Crippen LogP contribution in [-0.2, 0) is 4.79 Å². The van der Waals surface area contributed by atoms with Crippen LogP contribution in [0.5, 0.6) is 0 Å². The van der Waals surface area contributed by atoms with E-state index in [1.54, 1.807) is 24.3 Å². The van der Waals surface area contributed by atoms with Crippen molar-refractivity contribution in [1.82, 2.24) is 9.80 Å². The van der Waals surface area contributed by atoms with Crippen molar-refractivity contribution in [1.29, 1.82) is 0 Å². The molecule has 3 nitrogen and oxygen atoms in total. The topological polar surface area (TPSA) is 23.6 Å². The Hall–Kier alpha value is -1.39. The molecule has 2 rings (SSSR count). The first-order valence-corrected chi connectivity index (χ1v) is 8.85. The molecule has 0 aliphatic heterocycles. The van der Waals surface area contributed by atoms with Crippen LogP contribution in [0.2, 0.25) is 0 Å². The number of hydrogen-bond acceptors (Lipinski definition) is 2. The SMILES string of the molecule is CC1CCC(N(CCN(C)C)C(=O)/C=C/c2ccccc2F)CC1.Cl. The summed E-state index contributed by atoms with van der Waals surface area (Å²) in [6.45, 7) is 3.83. The molecule has 1 aliphatic rings. The van der Waals surface area contributed by atoms with Gasteiger partial charge in [-0.25, -0.2) is 4.39 Å². The molecule has 5 heteroatoms. The quantitative estimate of drug-likeness (QED) is 0.701. The third-order valence-corrected chi connectivity index (χ3v) is 4.81. The van der Waals surface area contributed by atoms with Gasteiger partial charge in [0, 0.05) is 30.8 Å². The summed E-state index contributed by atoms with van der Waals surface area (Å²) in [4.78, 5) is 16.8. The highest BCUT2D eigenvalue weighted by atomic mass is 35.5. The van der Waals surface area contributed by atoms with Gasteiger partial charge in [-0.3, -0.25) is 4.79 Å². The maximum atomic E-state index is 13.7. The van der Waals surface area contributed by atoms with Gasteiger partial charge in [0.05, 0.1) is 0 Å². The van der Waals surface area contributed by atoms with Gasteiger partial charge in [0.25, 0.3) is 0 Å². The van der Waals surface area contributed by atoms with Crippen molar-refractivity contribution in [2.75, 3.05) is 27.2 Å². The lowest BCUT2D eigenvalue weighted by Crippen LogP contribution is -2.44. The predicted octanol–water partition coefficient (Wildman–Crippen LogP) is 4.23. The maximum Gasteiger partial charge on any atom is 0.246 e. The Morgan fingerprint density at radius 1 is 1.16 bits per heavy atom. The molecule has 1 fully saturated rings. The molecule has 1 saturated carbocycles. The van der Waals surface area contributed by atoms with Gasteiger partial charge in [-0.05, 0) is 57.8 Å². The third kappa shape index (κ3) is 6.79. The van der Waals surface area contributed by atoms with E-state index in [2.05, 4.69) is 11.8 Å². The van der Waals surface area contributed by atoms with E-state index in [-0.39, 0.29) is 24.1 Å². The molecular weight excluding hydrogens is 339 g/mol. The van der Waals surface area contributed by atoms with Gasteiger partial charge in [0.2, 0.25) is 5.91 Å². The summed E-state index contributed by atoms with van der Waals surface area (Å²) in [5.41, 5.74) is 0.454. The average molecular weight is 369 g/mol. The van der Waals surface area contributed by atoms with Crippen molar-refractivity contribution in [3.8, 4) is 0 Å². The number of benzene rings is 1. The number of carbonyl (C=O) groups excluding carboxylic acids is 1. The summed E-state index contributed by atoms with van der Waals surface area (Å²) in [5.74, 6) is 0.438. The van der Waals surface area contributed by atoms with Gasteiger partial charge in [-0.15, -0.1) is 12.4 Å². The van der Waals surface area contributed by atoms with Crippen LogP contribution in [0.25, 0.3) is 6.08 Å². The van der Waals surface area contributed by atoms with Crippen molar-refractivity contribution in [3.63, 3.8) is 0 Å². The minimum Gasteiger partial charge on any atom is -0.335 e. The zero-order valence-electron chi connectivity index (χ0n) is 15.5. The van der Waals surface area contributed by atoms with Crippen LogP contribution in [0, 0.1) is 11.7 Å². The molecule has 0 radical (unpaired) electrons. The average Bonchev–Trinajstić information content (AvgIpc) is 2.55. The van der Waals surface area contributed by atoms with Crippen molar-refractivity contribution in [2.24, 2.45) is 5.92 Å². The fourth-order valence-electron chi connectivity index (χ4n) is 3.20. The van der Waals surface area contributed by atoms with Crippen LogP contribution in [0.1, 0.15) is 38.2 Å². The molecule has 0 saturated heterocycles. The highest BCUT2D eigenvalue weighted by molar-refractivity contribution is 5.92. The number of hydrogen-bond donors (Lipinski definition) is 0. The molecule has 1 aromatic rings. The molecule has 140 valence electrons. The molecule has 0 unspecified atom stereocenters. The smallest absolute Gasteiger partial charge is 0.246 e. The number of likely N-dealkylation sites (N-methyl/N-ethyl adjacent to an activating group) is 1. The molecule has 0 aromatic heterocycles. The minimum absolute atomic E-state index is 0. The highest BCUT2D eigenvalue weighted by Gasteiger charge is 2.26. The second kappa shape index (κ2) is 10.6. The molecule has 1 amide bonds. The molecular formula is C20H30ClFN2O. The van der Waals surface area contributed by atoms with Gasteiger partial charge < -0.3 is 9.80 Å². The Morgan fingerprint density at radius 2 is 1.80 bits per heavy atom. The maximum absolute atomic E-state index is 13.7. The zero-order valence-corrected chi connectivity index (χ0v) is 16.3. The first-order valence-electron chi connectivity index (χ1n) is 8.85. The minimum atomic E-state index is -0.298. The molecule has 1 aliphatic carbocycles.